The molecule has 1 fully saturated rings. The highest BCUT2D eigenvalue weighted by Gasteiger charge is 2.26. The first-order valence-corrected chi connectivity index (χ1v) is 12.6. The van der Waals surface area contributed by atoms with Gasteiger partial charge in [-0.3, -0.25) is 14.3 Å². The zero-order chi connectivity index (χ0) is 23.6. The van der Waals surface area contributed by atoms with Crippen LogP contribution in [0.5, 0.6) is 0 Å². The number of piperidine rings is 1. The quantitative estimate of drug-likeness (QED) is 0.429. The first-order valence-electron chi connectivity index (χ1n) is 10.3. The van der Waals surface area contributed by atoms with Crippen LogP contribution >= 0.6 is 11.3 Å². The summed E-state index contributed by atoms with van der Waals surface area (Å²) in [5.41, 5.74) is 1.26. The summed E-state index contributed by atoms with van der Waals surface area (Å²) in [6, 6.07) is 4.94. The van der Waals surface area contributed by atoms with Crippen LogP contribution < -0.4 is 10.0 Å². The Balaban J connectivity index is 1.38. The van der Waals surface area contributed by atoms with Gasteiger partial charge in [-0.1, -0.05) is 16.5 Å². The zero-order valence-electron chi connectivity index (χ0n) is 17.8. The molecule has 3 aromatic rings. The van der Waals surface area contributed by atoms with Gasteiger partial charge in [0.15, 0.2) is 5.13 Å². The number of carbonyl (C=O) groups excluding carboxylic acids is 1. The number of carbonyl (C=O) groups is 2. The Bertz CT molecular complexity index is 1280. The smallest absolute Gasteiger partial charge is 0.304 e. The lowest BCUT2D eigenvalue weighted by Crippen LogP contribution is -2.39. The lowest BCUT2D eigenvalue weighted by molar-refractivity contribution is -0.137. The number of benzene rings is 1. The molecule has 0 atom stereocenters. The number of nitrogens with zero attached hydrogens (tertiary/aromatic N) is 3. The Morgan fingerprint density at radius 3 is 2.73 bits per heavy atom. The molecule has 3 N–H and O–H groups in total. The highest BCUT2D eigenvalue weighted by Crippen LogP contribution is 2.30. The van der Waals surface area contributed by atoms with Crippen LogP contribution in [0.2, 0.25) is 0 Å². The van der Waals surface area contributed by atoms with E-state index in [0.717, 1.165) is 11.0 Å². The fraction of sp³-hybridized carbons (Fsp3) is 0.400. The van der Waals surface area contributed by atoms with Gasteiger partial charge in [0.05, 0.1) is 22.3 Å². The minimum Gasteiger partial charge on any atom is -0.481 e. The van der Waals surface area contributed by atoms with E-state index in [-0.39, 0.29) is 28.8 Å². The number of hydrogen-bond acceptors (Lipinski definition) is 9. The van der Waals surface area contributed by atoms with E-state index in [1.54, 1.807) is 25.1 Å². The number of carboxylic acids is 1. The first kappa shape index (κ1) is 23.1. The summed E-state index contributed by atoms with van der Waals surface area (Å²) >= 11 is 1.26. The van der Waals surface area contributed by atoms with E-state index in [1.165, 1.54) is 11.3 Å². The molecule has 1 aromatic carbocycles. The van der Waals surface area contributed by atoms with Gasteiger partial charge in [-0.25, -0.2) is 13.4 Å². The van der Waals surface area contributed by atoms with Gasteiger partial charge in [0, 0.05) is 12.5 Å². The summed E-state index contributed by atoms with van der Waals surface area (Å²) in [7, 11) is -3.84. The molecule has 1 amide bonds. The van der Waals surface area contributed by atoms with E-state index in [1.807, 2.05) is 0 Å². The molecule has 0 aliphatic carbocycles. The van der Waals surface area contributed by atoms with Crippen molar-refractivity contribution in [2.24, 2.45) is 5.92 Å². The summed E-state index contributed by atoms with van der Waals surface area (Å²) in [5, 5.41) is 15.7. The van der Waals surface area contributed by atoms with Crippen molar-refractivity contribution >= 4 is 54.3 Å². The number of carboxylic acid groups (broad SMARTS) is 1. The second-order valence-electron chi connectivity index (χ2n) is 7.82. The number of rotatable bonds is 8. The van der Waals surface area contributed by atoms with Gasteiger partial charge in [-0.2, -0.15) is 0 Å². The summed E-state index contributed by atoms with van der Waals surface area (Å²) in [5.74, 6) is -1.10. The average molecular weight is 494 g/mol. The minimum absolute atomic E-state index is 0.0335. The van der Waals surface area contributed by atoms with Gasteiger partial charge >= 0.3 is 5.97 Å². The number of sulfonamides is 1. The van der Waals surface area contributed by atoms with Crippen molar-refractivity contribution in [3.05, 3.63) is 30.2 Å². The Kier molecular flexibility index (Phi) is 6.63. The predicted octanol–water partition coefficient (Wildman–Crippen LogP) is 2.52. The van der Waals surface area contributed by atoms with Crippen LogP contribution in [0, 0.1) is 12.8 Å². The highest BCUT2D eigenvalue weighted by molar-refractivity contribution is 7.92. The lowest BCUT2D eigenvalue weighted by atomic mass is 9.96. The number of nitrogens with one attached hydrogen (secondary N) is 2. The second-order valence-corrected chi connectivity index (χ2v) is 10.5. The molecule has 13 heteroatoms. The van der Waals surface area contributed by atoms with Crippen LogP contribution in [0.25, 0.3) is 10.2 Å². The molecule has 2 aromatic heterocycles. The summed E-state index contributed by atoms with van der Waals surface area (Å²) in [6.45, 7) is 3.39. The SMILES string of the molecule is Cc1nocc1S(=O)(=O)Nc1ccc2nc(NC(=O)C3CCN(CCC(=O)O)CC3)sc2c1. The molecular formula is C20H23N5O6S2. The largest absolute Gasteiger partial charge is 0.481 e. The summed E-state index contributed by atoms with van der Waals surface area (Å²) < 4.78 is 33.0. The van der Waals surface area contributed by atoms with Crippen molar-refractivity contribution in [3.63, 3.8) is 0 Å². The summed E-state index contributed by atoms with van der Waals surface area (Å²) in [4.78, 5) is 29.8. The lowest BCUT2D eigenvalue weighted by Gasteiger charge is -2.30. The normalized spacial score (nSPS) is 15.5. The van der Waals surface area contributed by atoms with Gasteiger partial charge in [0.2, 0.25) is 5.91 Å². The van der Waals surface area contributed by atoms with Crippen molar-refractivity contribution < 1.29 is 27.6 Å². The third kappa shape index (κ3) is 5.49. The van der Waals surface area contributed by atoms with Crippen LogP contribution in [0.1, 0.15) is 25.0 Å². The maximum atomic E-state index is 12.7. The first-order chi connectivity index (χ1) is 15.7. The van der Waals surface area contributed by atoms with Gasteiger partial charge < -0.3 is 19.8 Å². The summed E-state index contributed by atoms with van der Waals surface area (Å²) in [6.07, 6.45) is 2.49. The molecule has 1 aliphatic rings. The third-order valence-corrected chi connectivity index (χ3v) is 7.88. The molecule has 176 valence electrons. The van der Waals surface area contributed by atoms with E-state index < -0.39 is 16.0 Å². The molecule has 4 rings (SSSR count). The topological polar surface area (TPSA) is 155 Å². The number of anilines is 2. The van der Waals surface area contributed by atoms with Crippen LogP contribution in [0.4, 0.5) is 10.8 Å². The standard InChI is InChI=1S/C20H23N5O6S2/c1-12-17(11-31-23-12)33(29,30)24-14-2-3-15-16(10-14)32-20(21-15)22-19(28)13-4-7-25(8-5-13)9-6-18(26)27/h2-3,10-11,13,24H,4-9H2,1H3,(H,26,27)(H,21,22,28). The maximum Gasteiger partial charge on any atom is 0.304 e. The van der Waals surface area contributed by atoms with Crippen molar-refractivity contribution in [1.82, 2.24) is 15.0 Å². The van der Waals surface area contributed by atoms with E-state index >= 15 is 0 Å². The number of likely N-dealkylation sites (tertiary alicyclic amines) is 1. The van der Waals surface area contributed by atoms with Crippen molar-refractivity contribution in [1.29, 1.82) is 0 Å². The number of aryl methyl sites for hydroxylation is 1. The average Bonchev–Trinajstić information content (AvgIpc) is 3.37. The van der Waals surface area contributed by atoms with Crippen LogP contribution in [-0.4, -0.2) is 60.1 Å². The molecule has 3 heterocycles. The molecule has 0 radical (unpaired) electrons. The van der Waals surface area contributed by atoms with Gasteiger partial charge in [-0.05, 0) is 51.1 Å². The minimum atomic E-state index is -3.84. The Hall–Kier alpha value is -3.03. The monoisotopic (exact) mass is 493 g/mol. The predicted molar refractivity (Wildman–Crippen MR) is 122 cm³/mol. The van der Waals surface area contributed by atoms with Crippen molar-refractivity contribution in [2.45, 2.75) is 31.1 Å². The molecule has 0 unspecified atom stereocenters. The molecular weight excluding hydrogens is 470 g/mol. The molecule has 11 nitrogen and oxygen atoms in total. The number of hydrogen-bond donors (Lipinski definition) is 3. The maximum absolute atomic E-state index is 12.7. The van der Waals surface area contributed by atoms with Gasteiger partial charge in [-0.15, -0.1) is 0 Å². The molecule has 0 bridgehead atoms. The highest BCUT2D eigenvalue weighted by atomic mass is 32.2. The van der Waals surface area contributed by atoms with E-state index in [4.69, 9.17) is 9.63 Å². The fourth-order valence-corrected chi connectivity index (χ4v) is 5.72. The van der Waals surface area contributed by atoms with Crippen molar-refractivity contribution in [3.8, 4) is 0 Å². The number of amides is 1. The Morgan fingerprint density at radius 1 is 1.30 bits per heavy atom. The fourth-order valence-electron chi connectivity index (χ4n) is 3.67. The number of fused-ring (bicyclic) bond motifs is 1. The van der Waals surface area contributed by atoms with E-state index in [2.05, 4.69) is 25.1 Å². The van der Waals surface area contributed by atoms with Crippen LogP contribution in [0.3, 0.4) is 0 Å². The Labute approximate surface area is 193 Å². The molecule has 0 saturated carbocycles. The number of aromatic nitrogens is 2. The molecule has 33 heavy (non-hydrogen) atoms. The van der Waals surface area contributed by atoms with Crippen LogP contribution in [-0.2, 0) is 19.6 Å². The van der Waals surface area contributed by atoms with Gasteiger partial charge in [0.1, 0.15) is 16.9 Å². The Morgan fingerprint density at radius 2 is 2.06 bits per heavy atom. The molecule has 1 aliphatic heterocycles. The zero-order valence-corrected chi connectivity index (χ0v) is 19.4. The van der Waals surface area contributed by atoms with E-state index in [9.17, 15) is 18.0 Å². The third-order valence-electron chi connectivity index (χ3n) is 5.47. The molecule has 1 saturated heterocycles. The van der Waals surface area contributed by atoms with Crippen molar-refractivity contribution in [2.75, 3.05) is 29.7 Å². The number of thiazole rings is 1. The van der Waals surface area contributed by atoms with Gasteiger partial charge in [0.25, 0.3) is 10.0 Å². The second kappa shape index (κ2) is 9.45. The number of aliphatic carboxylic acids is 1. The van der Waals surface area contributed by atoms with Crippen LogP contribution in [0.15, 0.2) is 33.9 Å². The molecule has 0 spiro atoms. The van der Waals surface area contributed by atoms with E-state index in [0.29, 0.717) is 48.8 Å².